The number of nitro benzene ring substituents is 1. The average molecular weight is 632 g/mol. The van der Waals surface area contributed by atoms with Crippen molar-refractivity contribution in [3.63, 3.8) is 0 Å². The van der Waals surface area contributed by atoms with Gasteiger partial charge in [0.15, 0.2) is 5.82 Å². The van der Waals surface area contributed by atoms with Crippen LogP contribution < -0.4 is 15.0 Å². The van der Waals surface area contributed by atoms with Gasteiger partial charge in [0.2, 0.25) is 5.75 Å². The van der Waals surface area contributed by atoms with Crippen molar-refractivity contribution >= 4 is 46.0 Å². The first kappa shape index (κ1) is 30.7. The fraction of sp³-hybridized carbons (Fsp3) is 0.182. The van der Waals surface area contributed by atoms with Crippen LogP contribution in [0.2, 0.25) is 10.0 Å². The van der Waals surface area contributed by atoms with Gasteiger partial charge in [-0.3, -0.25) is 14.9 Å². The number of hydrogen-bond donors (Lipinski definition) is 0. The molecule has 1 aromatic heterocycles. The van der Waals surface area contributed by atoms with Crippen molar-refractivity contribution in [2.24, 2.45) is 5.10 Å². The number of nitrogens with zero attached hydrogens (tertiary/aromatic N) is 4. The molecule has 0 fully saturated rings. The molecule has 0 radical (unpaired) electrons. The summed E-state index contributed by atoms with van der Waals surface area (Å²) in [6.07, 6.45) is 1.36. The molecule has 0 N–H and O–H groups in total. The smallest absolute Gasteiger partial charge is 0.311 e. The van der Waals surface area contributed by atoms with E-state index in [1.807, 2.05) is 25.1 Å². The molecule has 0 aliphatic heterocycles. The van der Waals surface area contributed by atoms with E-state index < -0.39 is 10.5 Å². The zero-order valence-electron chi connectivity index (χ0n) is 24.4. The van der Waals surface area contributed by atoms with Gasteiger partial charge in [0.05, 0.1) is 39.2 Å². The van der Waals surface area contributed by atoms with Crippen LogP contribution in [0.15, 0.2) is 82.7 Å². The molecule has 4 aromatic carbocycles. The molecule has 5 aromatic rings. The number of methoxy groups -OCH3 is 1. The van der Waals surface area contributed by atoms with E-state index in [-0.39, 0.29) is 24.0 Å². The number of halogens is 2. The van der Waals surface area contributed by atoms with E-state index >= 15 is 0 Å². The lowest BCUT2D eigenvalue weighted by Crippen LogP contribution is -2.21. The van der Waals surface area contributed by atoms with E-state index in [1.165, 1.54) is 23.0 Å². The Labute approximate surface area is 263 Å². The minimum Gasteiger partial charge on any atom is -0.496 e. The lowest BCUT2D eigenvalue weighted by molar-refractivity contribution is -0.385. The Kier molecular flexibility index (Phi) is 8.98. The van der Waals surface area contributed by atoms with E-state index in [4.69, 9.17) is 37.7 Å². The Hall–Kier alpha value is -4.73. The van der Waals surface area contributed by atoms with Gasteiger partial charge in [-0.2, -0.15) is 9.78 Å². The summed E-state index contributed by atoms with van der Waals surface area (Å²) in [5.41, 5.74) is 3.29. The van der Waals surface area contributed by atoms with Crippen LogP contribution in [0.3, 0.4) is 0 Å². The van der Waals surface area contributed by atoms with Crippen LogP contribution >= 0.6 is 23.2 Å². The molecular weight excluding hydrogens is 603 g/mol. The highest BCUT2D eigenvalue weighted by molar-refractivity contribution is 6.42. The fourth-order valence-corrected chi connectivity index (χ4v) is 5.14. The Morgan fingerprint density at radius 3 is 2.52 bits per heavy atom. The molecule has 5 rings (SSSR count). The van der Waals surface area contributed by atoms with Gasteiger partial charge in [-0.1, -0.05) is 61.3 Å². The molecule has 0 amide bonds. The van der Waals surface area contributed by atoms with E-state index in [0.717, 1.165) is 16.9 Å². The summed E-state index contributed by atoms with van der Waals surface area (Å²) < 4.78 is 12.8. The SMILES string of the molecule is COc1cc(C)c(-c2nc3ccccc3c(=O)n2N=Cc2cccc([N+](=O)[O-])c2OCc2ccc(Cl)c(Cl)c2)cc1C(C)C. The van der Waals surface area contributed by atoms with Crippen LogP contribution in [0, 0.1) is 17.0 Å². The zero-order valence-corrected chi connectivity index (χ0v) is 25.9. The van der Waals surface area contributed by atoms with Crippen molar-refractivity contribution in [2.45, 2.75) is 33.3 Å². The number of hydrogen-bond acceptors (Lipinski definition) is 7. The monoisotopic (exact) mass is 630 g/mol. The van der Waals surface area contributed by atoms with Crippen LogP contribution in [-0.2, 0) is 6.61 Å². The highest BCUT2D eigenvalue weighted by Crippen LogP contribution is 2.35. The quantitative estimate of drug-likeness (QED) is 0.0922. The first-order valence-electron chi connectivity index (χ1n) is 13.7. The minimum absolute atomic E-state index is 0.0154. The van der Waals surface area contributed by atoms with E-state index in [1.54, 1.807) is 49.6 Å². The van der Waals surface area contributed by atoms with Gasteiger partial charge in [-0.25, -0.2) is 4.98 Å². The summed E-state index contributed by atoms with van der Waals surface area (Å²) in [6.45, 7) is 6.00. The van der Waals surface area contributed by atoms with Gasteiger partial charge in [0, 0.05) is 17.2 Å². The Morgan fingerprint density at radius 1 is 1.05 bits per heavy atom. The molecule has 0 spiro atoms. The summed E-state index contributed by atoms with van der Waals surface area (Å²) in [6, 6.07) is 20.3. The summed E-state index contributed by atoms with van der Waals surface area (Å²) in [4.78, 5) is 30.1. The molecule has 0 atom stereocenters. The average Bonchev–Trinajstić information content (AvgIpc) is 3.00. The van der Waals surface area contributed by atoms with Crippen LogP contribution in [-0.4, -0.2) is 27.9 Å². The van der Waals surface area contributed by atoms with Crippen LogP contribution in [0.1, 0.15) is 42.0 Å². The van der Waals surface area contributed by atoms with Crippen molar-refractivity contribution in [1.82, 2.24) is 9.66 Å². The third kappa shape index (κ3) is 6.15. The third-order valence-corrected chi connectivity index (χ3v) is 7.83. The maximum absolute atomic E-state index is 13.8. The minimum atomic E-state index is -0.537. The Balaban J connectivity index is 1.66. The number of benzene rings is 4. The molecular formula is C33H28Cl2N4O5. The summed E-state index contributed by atoms with van der Waals surface area (Å²) in [5.74, 6) is 1.17. The normalized spacial score (nSPS) is 11.4. The van der Waals surface area contributed by atoms with Gasteiger partial charge < -0.3 is 9.47 Å². The third-order valence-electron chi connectivity index (χ3n) is 7.09. The lowest BCUT2D eigenvalue weighted by Gasteiger charge is -2.17. The Bertz CT molecular complexity index is 1990. The second-order valence-corrected chi connectivity index (χ2v) is 11.2. The highest BCUT2D eigenvalue weighted by atomic mass is 35.5. The van der Waals surface area contributed by atoms with Crippen molar-refractivity contribution < 1.29 is 14.4 Å². The van der Waals surface area contributed by atoms with Crippen molar-refractivity contribution in [3.8, 4) is 22.9 Å². The van der Waals surface area contributed by atoms with E-state index in [9.17, 15) is 14.9 Å². The summed E-state index contributed by atoms with van der Waals surface area (Å²) in [7, 11) is 1.62. The molecule has 9 nitrogen and oxygen atoms in total. The molecule has 224 valence electrons. The first-order chi connectivity index (χ1) is 21.1. The number of fused-ring (bicyclic) bond motifs is 1. The number of ether oxygens (including phenoxy) is 2. The molecule has 0 bridgehead atoms. The van der Waals surface area contributed by atoms with Crippen LogP contribution in [0.25, 0.3) is 22.3 Å². The van der Waals surface area contributed by atoms with Gasteiger partial charge in [0.1, 0.15) is 12.4 Å². The van der Waals surface area contributed by atoms with Crippen molar-refractivity contribution in [3.05, 3.63) is 126 Å². The van der Waals surface area contributed by atoms with Crippen LogP contribution in [0.5, 0.6) is 11.5 Å². The summed E-state index contributed by atoms with van der Waals surface area (Å²) >= 11 is 12.2. The van der Waals surface area contributed by atoms with Gasteiger partial charge in [-0.15, -0.1) is 0 Å². The number of nitro groups is 1. The lowest BCUT2D eigenvalue weighted by atomic mass is 9.96. The zero-order chi connectivity index (χ0) is 31.5. The van der Waals surface area contributed by atoms with Crippen molar-refractivity contribution in [1.29, 1.82) is 0 Å². The molecule has 0 unspecified atom stereocenters. The summed E-state index contributed by atoms with van der Waals surface area (Å²) in [5, 5.41) is 17.6. The Morgan fingerprint density at radius 2 is 1.82 bits per heavy atom. The predicted molar refractivity (Wildman–Crippen MR) is 174 cm³/mol. The van der Waals surface area contributed by atoms with Gasteiger partial charge in [-0.05, 0) is 72.0 Å². The van der Waals surface area contributed by atoms with E-state index in [0.29, 0.717) is 43.5 Å². The maximum Gasteiger partial charge on any atom is 0.311 e. The fourth-order valence-electron chi connectivity index (χ4n) is 4.82. The maximum atomic E-state index is 13.8. The largest absolute Gasteiger partial charge is 0.496 e. The second kappa shape index (κ2) is 12.9. The molecule has 11 heteroatoms. The topological polar surface area (TPSA) is 109 Å². The number of rotatable bonds is 9. The molecule has 0 aliphatic rings. The predicted octanol–water partition coefficient (Wildman–Crippen LogP) is 8.18. The number of aromatic nitrogens is 2. The van der Waals surface area contributed by atoms with Gasteiger partial charge in [0.25, 0.3) is 5.56 Å². The molecule has 0 saturated heterocycles. The van der Waals surface area contributed by atoms with Crippen molar-refractivity contribution in [2.75, 3.05) is 7.11 Å². The standard InChI is InChI=1S/C33H28Cl2N4O5/c1-19(2)24-16-25(20(3)14-30(24)43-4)32-37-28-10-6-5-9-23(28)33(40)38(32)36-17-22-8-7-11-29(39(41)42)31(22)44-18-21-12-13-26(34)27(35)15-21/h5-17,19H,18H2,1-4H3. The number of para-hydroxylation sites is 2. The molecule has 1 heterocycles. The number of aryl methyl sites for hydroxylation is 1. The van der Waals surface area contributed by atoms with Crippen LogP contribution in [0.4, 0.5) is 5.69 Å². The highest BCUT2D eigenvalue weighted by Gasteiger charge is 2.21. The first-order valence-corrected chi connectivity index (χ1v) is 14.4. The molecule has 0 saturated carbocycles. The van der Waals surface area contributed by atoms with E-state index in [2.05, 4.69) is 18.9 Å². The second-order valence-electron chi connectivity index (χ2n) is 10.4. The molecule has 0 aliphatic carbocycles. The molecule has 44 heavy (non-hydrogen) atoms. The van der Waals surface area contributed by atoms with Gasteiger partial charge >= 0.3 is 5.69 Å².